The molecule has 1 aliphatic heterocycles. The largest absolute Gasteiger partial charge is 0.369 e. The summed E-state index contributed by atoms with van der Waals surface area (Å²) in [5.41, 5.74) is 5.26. The van der Waals surface area contributed by atoms with Crippen molar-refractivity contribution in [2.75, 3.05) is 19.6 Å². The predicted octanol–water partition coefficient (Wildman–Crippen LogP) is 1.98. The van der Waals surface area contributed by atoms with Crippen LogP contribution in [0.2, 0.25) is 0 Å². The Labute approximate surface area is 111 Å². The zero-order chi connectivity index (χ0) is 13.9. The number of benzene rings is 1. The number of hydrogen-bond acceptors (Lipinski definition) is 2. The van der Waals surface area contributed by atoms with Crippen molar-refractivity contribution >= 4 is 5.91 Å². The van der Waals surface area contributed by atoms with Crippen LogP contribution in [-0.2, 0) is 10.7 Å². The molecule has 1 aliphatic rings. The Hall–Kier alpha value is -1.49. The van der Waals surface area contributed by atoms with Crippen molar-refractivity contribution in [3.8, 4) is 0 Å². The highest BCUT2D eigenvalue weighted by atomic mass is 19.3. The van der Waals surface area contributed by atoms with Gasteiger partial charge < -0.3 is 5.73 Å². The highest BCUT2D eigenvalue weighted by Crippen LogP contribution is 2.30. The normalized spacial score (nSPS) is 18.4. The van der Waals surface area contributed by atoms with E-state index in [4.69, 9.17) is 5.73 Å². The minimum atomic E-state index is -2.86. The Morgan fingerprint density at radius 3 is 2.37 bits per heavy atom. The molecule has 0 aromatic heterocycles. The molecule has 3 nitrogen and oxygen atoms in total. The third-order valence-corrected chi connectivity index (χ3v) is 3.61. The zero-order valence-corrected chi connectivity index (χ0v) is 10.7. The van der Waals surface area contributed by atoms with Crippen molar-refractivity contribution in [1.82, 2.24) is 4.90 Å². The van der Waals surface area contributed by atoms with Crippen molar-refractivity contribution < 1.29 is 13.6 Å². The molecule has 5 heteroatoms. The lowest BCUT2D eigenvalue weighted by Gasteiger charge is -2.33. The maximum atomic E-state index is 14.1. The lowest BCUT2D eigenvalue weighted by molar-refractivity contribution is -0.123. The Kier molecular flexibility index (Phi) is 4.14. The van der Waals surface area contributed by atoms with E-state index in [1.54, 1.807) is 23.1 Å². The van der Waals surface area contributed by atoms with Gasteiger partial charge in [0.05, 0.1) is 6.54 Å². The fraction of sp³-hybridized carbons (Fsp3) is 0.500. The van der Waals surface area contributed by atoms with Gasteiger partial charge in [-0.2, -0.15) is 8.78 Å². The number of nitrogens with two attached hydrogens (primary N) is 1. The average Bonchev–Trinajstić information content (AvgIpc) is 2.40. The summed E-state index contributed by atoms with van der Waals surface area (Å²) in [7, 11) is 0. The number of nitrogens with zero attached hydrogens (tertiary/aromatic N) is 1. The molecule has 19 heavy (non-hydrogen) atoms. The molecule has 1 aromatic rings. The molecule has 1 aromatic carbocycles. The number of piperidine rings is 1. The molecule has 2 rings (SSSR count). The van der Waals surface area contributed by atoms with Gasteiger partial charge in [0.15, 0.2) is 0 Å². The number of halogens is 2. The molecule has 1 saturated heterocycles. The average molecular weight is 268 g/mol. The summed E-state index contributed by atoms with van der Waals surface area (Å²) < 4.78 is 28.1. The minimum Gasteiger partial charge on any atom is -0.369 e. The van der Waals surface area contributed by atoms with E-state index in [1.165, 1.54) is 12.1 Å². The number of primary amides is 1. The highest BCUT2D eigenvalue weighted by Gasteiger charge is 2.35. The van der Waals surface area contributed by atoms with Gasteiger partial charge in [0.2, 0.25) is 5.91 Å². The van der Waals surface area contributed by atoms with E-state index in [0.29, 0.717) is 25.9 Å². The summed E-state index contributed by atoms with van der Waals surface area (Å²) in [5, 5.41) is 0. The summed E-state index contributed by atoms with van der Waals surface area (Å²) in [6.45, 7) is 0.689. The molecule has 1 amide bonds. The molecule has 0 radical (unpaired) electrons. The molecule has 104 valence electrons. The SMILES string of the molecule is NC(=O)C1CCN(CC(F)(F)c2ccccc2)CC1. The molecule has 0 aliphatic carbocycles. The molecule has 1 fully saturated rings. The van der Waals surface area contributed by atoms with Gasteiger partial charge in [0, 0.05) is 11.5 Å². The Bertz CT molecular complexity index is 428. The number of carbonyl (C=O) groups excluding carboxylic acids is 1. The van der Waals surface area contributed by atoms with Crippen LogP contribution in [0.3, 0.4) is 0 Å². The maximum Gasteiger partial charge on any atom is 0.285 e. The first-order chi connectivity index (χ1) is 8.99. The number of hydrogen-bond donors (Lipinski definition) is 1. The summed E-state index contributed by atoms with van der Waals surface area (Å²) in [6, 6.07) is 7.83. The van der Waals surface area contributed by atoms with Crippen molar-refractivity contribution in [3.05, 3.63) is 35.9 Å². The monoisotopic (exact) mass is 268 g/mol. The molecule has 0 atom stereocenters. The second-order valence-electron chi connectivity index (χ2n) is 5.02. The fourth-order valence-electron chi connectivity index (χ4n) is 2.43. The van der Waals surface area contributed by atoms with Crippen molar-refractivity contribution in [2.45, 2.75) is 18.8 Å². The topological polar surface area (TPSA) is 46.3 Å². The Balaban J connectivity index is 1.93. The number of carbonyl (C=O) groups is 1. The van der Waals surface area contributed by atoms with Crippen LogP contribution in [0.4, 0.5) is 8.78 Å². The van der Waals surface area contributed by atoms with Gasteiger partial charge in [-0.05, 0) is 25.9 Å². The number of alkyl halides is 2. The lowest BCUT2D eigenvalue weighted by Crippen LogP contribution is -2.43. The van der Waals surface area contributed by atoms with E-state index in [0.717, 1.165) is 0 Å². The van der Waals surface area contributed by atoms with Crippen molar-refractivity contribution in [3.63, 3.8) is 0 Å². The van der Waals surface area contributed by atoms with Gasteiger partial charge in [-0.15, -0.1) is 0 Å². The van der Waals surface area contributed by atoms with Crippen LogP contribution in [0.25, 0.3) is 0 Å². The molecule has 0 saturated carbocycles. The van der Waals surface area contributed by atoms with Crippen LogP contribution in [-0.4, -0.2) is 30.4 Å². The first-order valence-electron chi connectivity index (χ1n) is 6.44. The predicted molar refractivity (Wildman–Crippen MR) is 68.7 cm³/mol. The summed E-state index contributed by atoms with van der Waals surface area (Å²) >= 11 is 0. The van der Waals surface area contributed by atoms with E-state index in [-0.39, 0.29) is 23.9 Å². The molecule has 0 unspecified atom stereocenters. The Morgan fingerprint density at radius 2 is 1.84 bits per heavy atom. The van der Waals surface area contributed by atoms with Gasteiger partial charge in [-0.3, -0.25) is 9.69 Å². The standard InChI is InChI=1S/C14H18F2N2O/c15-14(16,12-4-2-1-3-5-12)10-18-8-6-11(7-9-18)13(17)19/h1-5,11H,6-10H2,(H2,17,19). The van der Waals surface area contributed by atoms with Crippen LogP contribution in [0.1, 0.15) is 18.4 Å². The summed E-state index contributed by atoms with van der Waals surface area (Å²) in [4.78, 5) is 12.7. The van der Waals surface area contributed by atoms with E-state index >= 15 is 0 Å². The molecular formula is C14H18F2N2O. The third kappa shape index (κ3) is 3.50. The Morgan fingerprint density at radius 1 is 1.26 bits per heavy atom. The second-order valence-corrected chi connectivity index (χ2v) is 5.02. The quantitative estimate of drug-likeness (QED) is 0.907. The van der Waals surface area contributed by atoms with Gasteiger partial charge in [0.25, 0.3) is 5.92 Å². The molecule has 2 N–H and O–H groups in total. The van der Waals surface area contributed by atoms with Crippen LogP contribution in [0, 0.1) is 5.92 Å². The molecule has 0 bridgehead atoms. The van der Waals surface area contributed by atoms with Crippen LogP contribution in [0.15, 0.2) is 30.3 Å². The van der Waals surface area contributed by atoms with Crippen molar-refractivity contribution in [2.24, 2.45) is 11.7 Å². The lowest BCUT2D eigenvalue weighted by atomic mass is 9.95. The van der Waals surface area contributed by atoms with Crippen LogP contribution < -0.4 is 5.73 Å². The fourth-order valence-corrected chi connectivity index (χ4v) is 2.43. The van der Waals surface area contributed by atoms with E-state index in [1.807, 2.05) is 0 Å². The smallest absolute Gasteiger partial charge is 0.285 e. The number of amides is 1. The third-order valence-electron chi connectivity index (χ3n) is 3.61. The number of rotatable bonds is 4. The van der Waals surface area contributed by atoms with E-state index in [2.05, 4.69) is 0 Å². The van der Waals surface area contributed by atoms with Crippen molar-refractivity contribution in [1.29, 1.82) is 0 Å². The second kappa shape index (κ2) is 5.65. The van der Waals surface area contributed by atoms with Gasteiger partial charge in [-0.1, -0.05) is 30.3 Å². The number of likely N-dealkylation sites (tertiary alicyclic amines) is 1. The van der Waals surface area contributed by atoms with E-state index < -0.39 is 5.92 Å². The molecular weight excluding hydrogens is 250 g/mol. The summed E-state index contributed by atoms with van der Waals surface area (Å²) in [5.74, 6) is -3.35. The van der Waals surface area contributed by atoms with Gasteiger partial charge in [-0.25, -0.2) is 0 Å². The van der Waals surface area contributed by atoms with Crippen LogP contribution in [0.5, 0.6) is 0 Å². The molecule has 0 spiro atoms. The zero-order valence-electron chi connectivity index (χ0n) is 10.7. The van der Waals surface area contributed by atoms with Gasteiger partial charge >= 0.3 is 0 Å². The van der Waals surface area contributed by atoms with Gasteiger partial charge in [0.1, 0.15) is 0 Å². The maximum absolute atomic E-state index is 14.1. The summed E-state index contributed by atoms with van der Waals surface area (Å²) in [6.07, 6.45) is 1.14. The van der Waals surface area contributed by atoms with Crippen LogP contribution >= 0.6 is 0 Å². The minimum absolute atomic E-state index is 0.0343. The molecule has 1 heterocycles. The first-order valence-corrected chi connectivity index (χ1v) is 6.44. The highest BCUT2D eigenvalue weighted by molar-refractivity contribution is 5.76. The van der Waals surface area contributed by atoms with E-state index in [9.17, 15) is 13.6 Å². The first kappa shape index (κ1) is 13.9.